The van der Waals surface area contributed by atoms with Crippen LogP contribution in [0.2, 0.25) is 0 Å². The fraction of sp³-hybridized carbons (Fsp3) is 1.00. The van der Waals surface area contributed by atoms with Crippen LogP contribution >= 0.6 is 0 Å². The number of hydrogen-bond donors (Lipinski definition) is 0. The van der Waals surface area contributed by atoms with Gasteiger partial charge < -0.3 is 4.90 Å². The summed E-state index contributed by atoms with van der Waals surface area (Å²) in [5.74, 6) is 1.56. The van der Waals surface area contributed by atoms with Gasteiger partial charge in [-0.3, -0.25) is 0 Å². The molecular weight excluding hydrogens is 206 g/mol. The Kier molecular flexibility index (Phi) is 3.76. The van der Waals surface area contributed by atoms with E-state index >= 15 is 0 Å². The lowest BCUT2D eigenvalue weighted by Crippen LogP contribution is -2.56. The summed E-state index contributed by atoms with van der Waals surface area (Å²) in [6.07, 6.45) is 0. The fourth-order valence-corrected chi connectivity index (χ4v) is 4.39. The molecule has 1 fully saturated rings. The molecule has 0 aliphatic carbocycles. The van der Waals surface area contributed by atoms with Crippen molar-refractivity contribution >= 4 is 0 Å². The Morgan fingerprint density at radius 3 is 1.76 bits per heavy atom. The monoisotopic (exact) mass is 239 g/mol. The van der Waals surface area contributed by atoms with Crippen LogP contribution in [-0.4, -0.2) is 25.0 Å². The van der Waals surface area contributed by atoms with Gasteiger partial charge in [-0.1, -0.05) is 55.4 Å². The molecule has 0 aromatic heterocycles. The van der Waals surface area contributed by atoms with Crippen LogP contribution in [0, 0.1) is 28.1 Å². The number of nitrogens with zero attached hydrogens (tertiary/aromatic N) is 1. The van der Waals surface area contributed by atoms with Crippen molar-refractivity contribution in [3.05, 3.63) is 0 Å². The van der Waals surface area contributed by atoms with Gasteiger partial charge in [-0.05, 0) is 35.1 Å². The molecule has 1 heterocycles. The van der Waals surface area contributed by atoms with Crippen LogP contribution in [0.5, 0.6) is 0 Å². The van der Waals surface area contributed by atoms with Crippen molar-refractivity contribution in [2.24, 2.45) is 28.1 Å². The molecule has 1 aliphatic heterocycles. The lowest BCUT2D eigenvalue weighted by Gasteiger charge is -2.57. The molecule has 1 heteroatoms. The van der Waals surface area contributed by atoms with E-state index in [1.807, 2.05) is 0 Å². The molecule has 2 atom stereocenters. The van der Waals surface area contributed by atoms with Gasteiger partial charge in [0.05, 0.1) is 0 Å². The summed E-state index contributed by atoms with van der Waals surface area (Å²) in [5, 5.41) is 0. The molecule has 1 nitrogen and oxygen atoms in total. The summed E-state index contributed by atoms with van der Waals surface area (Å²) in [6.45, 7) is 21.9. The molecule has 0 amide bonds. The molecule has 0 N–H and O–H groups in total. The highest BCUT2D eigenvalue weighted by Crippen LogP contribution is 2.52. The number of likely N-dealkylation sites (tertiary alicyclic amines) is 1. The van der Waals surface area contributed by atoms with Gasteiger partial charge in [-0.15, -0.1) is 0 Å². The summed E-state index contributed by atoms with van der Waals surface area (Å²) in [4.78, 5) is 2.53. The van der Waals surface area contributed by atoms with Crippen LogP contribution in [0.1, 0.15) is 55.4 Å². The molecule has 0 spiro atoms. The van der Waals surface area contributed by atoms with Gasteiger partial charge in [-0.25, -0.2) is 0 Å². The lowest BCUT2D eigenvalue weighted by molar-refractivity contribution is -0.0828. The molecule has 0 bridgehead atoms. The van der Waals surface area contributed by atoms with E-state index in [1.165, 1.54) is 13.1 Å². The maximum absolute atomic E-state index is 2.53. The van der Waals surface area contributed by atoms with Gasteiger partial charge in [0, 0.05) is 13.1 Å². The molecular formula is C16H33N. The minimum absolute atomic E-state index is 0.392. The van der Waals surface area contributed by atoms with E-state index in [2.05, 4.69) is 67.3 Å². The van der Waals surface area contributed by atoms with Crippen molar-refractivity contribution in [2.75, 3.05) is 20.1 Å². The third-order valence-electron chi connectivity index (χ3n) is 4.48. The minimum Gasteiger partial charge on any atom is -0.306 e. The average Bonchev–Trinajstić information content (AvgIpc) is 1.94. The summed E-state index contributed by atoms with van der Waals surface area (Å²) in [7, 11) is 2.28. The van der Waals surface area contributed by atoms with Crippen molar-refractivity contribution in [2.45, 2.75) is 55.4 Å². The maximum atomic E-state index is 2.53. The molecule has 1 rings (SSSR count). The first kappa shape index (κ1) is 15.0. The highest BCUT2D eigenvalue weighted by Gasteiger charge is 2.50. The van der Waals surface area contributed by atoms with Gasteiger partial charge >= 0.3 is 0 Å². The van der Waals surface area contributed by atoms with Crippen LogP contribution in [0.25, 0.3) is 0 Å². The predicted octanol–water partition coefficient (Wildman–Crippen LogP) is 4.28. The summed E-state index contributed by atoms with van der Waals surface area (Å²) < 4.78 is 0. The molecule has 0 radical (unpaired) electrons. The minimum atomic E-state index is 0.392. The molecule has 2 unspecified atom stereocenters. The van der Waals surface area contributed by atoms with E-state index in [1.54, 1.807) is 0 Å². The lowest BCUT2D eigenvalue weighted by atomic mass is 9.53. The quantitative estimate of drug-likeness (QED) is 0.610. The third-order valence-corrected chi connectivity index (χ3v) is 4.48. The zero-order valence-electron chi connectivity index (χ0n) is 13.5. The van der Waals surface area contributed by atoms with E-state index in [0.717, 1.165) is 11.8 Å². The van der Waals surface area contributed by atoms with Crippen LogP contribution in [-0.2, 0) is 0 Å². The summed E-state index contributed by atoms with van der Waals surface area (Å²) >= 11 is 0. The Labute approximate surface area is 109 Å². The molecule has 0 aromatic carbocycles. The predicted molar refractivity (Wildman–Crippen MR) is 77.2 cm³/mol. The maximum Gasteiger partial charge on any atom is 0.00327 e. The Morgan fingerprint density at radius 2 is 1.41 bits per heavy atom. The van der Waals surface area contributed by atoms with Crippen LogP contribution in [0.3, 0.4) is 0 Å². The second-order valence-electron chi connectivity index (χ2n) is 9.00. The molecule has 1 saturated heterocycles. The first-order valence-electron chi connectivity index (χ1n) is 7.04. The van der Waals surface area contributed by atoms with Crippen LogP contribution < -0.4 is 0 Å². The second kappa shape index (κ2) is 4.26. The second-order valence-corrected chi connectivity index (χ2v) is 9.00. The van der Waals surface area contributed by atoms with Crippen molar-refractivity contribution in [3.8, 4) is 0 Å². The number of rotatable bonds is 0. The summed E-state index contributed by atoms with van der Waals surface area (Å²) in [6, 6.07) is 0. The SMILES string of the molecule is CN1CC(C(C)(C)C)C(C(C)(C)C)C(C)(C)C1. The van der Waals surface area contributed by atoms with E-state index in [0.29, 0.717) is 16.2 Å². The smallest absolute Gasteiger partial charge is 0.00327 e. The zero-order chi connectivity index (χ0) is 13.6. The van der Waals surface area contributed by atoms with E-state index < -0.39 is 0 Å². The highest BCUT2D eigenvalue weighted by atomic mass is 15.1. The Balaban J connectivity index is 3.15. The van der Waals surface area contributed by atoms with Gasteiger partial charge in [0.1, 0.15) is 0 Å². The Hall–Kier alpha value is -0.0400. The van der Waals surface area contributed by atoms with E-state index in [-0.39, 0.29) is 0 Å². The molecule has 17 heavy (non-hydrogen) atoms. The fourth-order valence-electron chi connectivity index (χ4n) is 4.39. The zero-order valence-corrected chi connectivity index (χ0v) is 13.5. The first-order valence-corrected chi connectivity index (χ1v) is 7.04. The largest absolute Gasteiger partial charge is 0.306 e. The van der Waals surface area contributed by atoms with E-state index in [9.17, 15) is 0 Å². The topological polar surface area (TPSA) is 3.24 Å². The highest BCUT2D eigenvalue weighted by molar-refractivity contribution is 5.00. The van der Waals surface area contributed by atoms with Crippen molar-refractivity contribution < 1.29 is 0 Å². The molecule has 0 saturated carbocycles. The number of hydrogen-bond acceptors (Lipinski definition) is 1. The average molecular weight is 239 g/mol. The molecule has 102 valence electrons. The first-order chi connectivity index (χ1) is 7.36. The van der Waals surface area contributed by atoms with Gasteiger partial charge in [-0.2, -0.15) is 0 Å². The van der Waals surface area contributed by atoms with Crippen molar-refractivity contribution in [3.63, 3.8) is 0 Å². The van der Waals surface area contributed by atoms with Crippen LogP contribution in [0.4, 0.5) is 0 Å². The Bertz CT molecular complexity index is 264. The van der Waals surface area contributed by atoms with Gasteiger partial charge in [0.2, 0.25) is 0 Å². The Morgan fingerprint density at radius 1 is 0.941 bits per heavy atom. The van der Waals surface area contributed by atoms with Gasteiger partial charge in [0.15, 0.2) is 0 Å². The summed E-state index contributed by atoms with van der Waals surface area (Å²) in [5.41, 5.74) is 1.19. The van der Waals surface area contributed by atoms with Gasteiger partial charge in [0.25, 0.3) is 0 Å². The molecule has 1 aliphatic rings. The third kappa shape index (κ3) is 3.24. The normalized spacial score (nSPS) is 31.6. The van der Waals surface area contributed by atoms with Crippen molar-refractivity contribution in [1.82, 2.24) is 4.90 Å². The van der Waals surface area contributed by atoms with E-state index in [4.69, 9.17) is 0 Å². The van der Waals surface area contributed by atoms with Crippen molar-refractivity contribution in [1.29, 1.82) is 0 Å². The molecule has 0 aromatic rings. The number of piperidine rings is 1. The standard InChI is InChI=1S/C16H33N/c1-14(2,3)12-10-17(9)11-16(7,8)13(12)15(4,5)6/h12-13H,10-11H2,1-9H3. The van der Waals surface area contributed by atoms with Crippen LogP contribution in [0.15, 0.2) is 0 Å².